The van der Waals surface area contributed by atoms with E-state index in [1.54, 1.807) is 0 Å². The lowest BCUT2D eigenvalue weighted by Crippen LogP contribution is -2.16. The summed E-state index contributed by atoms with van der Waals surface area (Å²) in [5, 5.41) is 16.2. The van der Waals surface area contributed by atoms with Gasteiger partial charge in [0.15, 0.2) is 0 Å². The van der Waals surface area contributed by atoms with Gasteiger partial charge in [-0.3, -0.25) is 9.59 Å². The minimum atomic E-state index is -1.11. The first-order valence-corrected chi connectivity index (χ1v) is 2.91. The van der Waals surface area contributed by atoms with E-state index in [0.29, 0.717) is 0 Å². The van der Waals surface area contributed by atoms with Crippen LogP contribution in [0, 0.1) is 0 Å². The molecule has 10 heavy (non-hydrogen) atoms. The third-order valence-corrected chi connectivity index (χ3v) is 1.23. The van der Waals surface area contributed by atoms with Crippen molar-refractivity contribution >= 4 is 21.2 Å². The second-order valence-electron chi connectivity index (χ2n) is 1.54. The normalized spacial score (nSPS) is 11.3. The molecule has 0 aliphatic heterocycles. The molecule has 0 aromatic carbocycles. The summed E-state index contributed by atoms with van der Waals surface area (Å²) in [5.41, 5.74) is -0.873. The second-order valence-corrected chi connectivity index (χ2v) is 2.35. The summed E-state index contributed by atoms with van der Waals surface area (Å²) in [6, 6.07) is 0. The number of aliphatic carboxylic acids is 2. The first kappa shape index (κ1) is 12.1. The van der Waals surface area contributed by atoms with Crippen molar-refractivity contribution in [3.05, 3.63) is 0 Å². The Morgan fingerprint density at radius 3 is 1.90 bits per heavy atom. The lowest BCUT2D eigenvalue weighted by Gasteiger charge is -1.98. The van der Waals surface area contributed by atoms with Crippen molar-refractivity contribution in [2.45, 2.75) is 19.5 Å². The zero-order chi connectivity index (χ0) is 7.44. The quantitative estimate of drug-likeness (QED) is 0.596. The molecule has 0 amide bonds. The van der Waals surface area contributed by atoms with E-state index in [9.17, 15) is 9.59 Å². The highest BCUT2D eigenvalue weighted by molar-refractivity contribution is 7.19. The molecule has 60 valence electrons. The number of carbonyl (C=O) groups is 2. The molecule has 0 saturated carbocycles. The maximum atomic E-state index is 9.95. The molecule has 0 aromatic rings. The average molecular weight is 166 g/mol. The minimum Gasteiger partial charge on any atom is -0.481 e. The minimum absolute atomic E-state index is 0. The van der Waals surface area contributed by atoms with Crippen LogP contribution in [0.3, 0.4) is 0 Å². The molecule has 0 bridgehead atoms. The van der Waals surface area contributed by atoms with Crippen LogP contribution in [-0.2, 0) is 9.59 Å². The fourth-order valence-electron chi connectivity index (χ4n) is 0.275. The lowest BCUT2D eigenvalue weighted by atomic mass is 10.3. The lowest BCUT2D eigenvalue weighted by molar-refractivity contribution is -0.143. The number of carboxylic acid groups (broad SMARTS) is 2. The standard InChI is InChI=1S/C4H7O4P.CH4/c5-3(6)1-2(9)4(7)8;/h2H,1,9H2,(H,5,6)(H,7,8);1H4. The Hall–Kier alpha value is -0.630. The molecular formula is C5H11O4P. The predicted octanol–water partition coefficient (Wildman–Crippen LogP) is 0.425. The van der Waals surface area contributed by atoms with Crippen LogP contribution in [0.15, 0.2) is 0 Å². The topological polar surface area (TPSA) is 74.6 Å². The molecule has 0 aliphatic rings. The van der Waals surface area contributed by atoms with Gasteiger partial charge in [0.2, 0.25) is 0 Å². The second kappa shape index (κ2) is 5.18. The van der Waals surface area contributed by atoms with Crippen molar-refractivity contribution in [3.8, 4) is 0 Å². The van der Waals surface area contributed by atoms with Gasteiger partial charge in [0.25, 0.3) is 0 Å². The summed E-state index contributed by atoms with van der Waals surface area (Å²) in [6.45, 7) is 0. The first-order chi connectivity index (χ1) is 4.04. The van der Waals surface area contributed by atoms with E-state index in [4.69, 9.17) is 10.2 Å². The summed E-state index contributed by atoms with van der Waals surface area (Å²) in [4.78, 5) is 19.8. The van der Waals surface area contributed by atoms with E-state index in [0.717, 1.165) is 0 Å². The highest BCUT2D eigenvalue weighted by Crippen LogP contribution is 2.04. The van der Waals surface area contributed by atoms with Crippen molar-refractivity contribution in [2.75, 3.05) is 0 Å². The Morgan fingerprint density at radius 2 is 1.80 bits per heavy atom. The van der Waals surface area contributed by atoms with Gasteiger partial charge in [-0.2, -0.15) is 0 Å². The molecule has 0 aromatic heterocycles. The van der Waals surface area contributed by atoms with Crippen LogP contribution in [0.4, 0.5) is 0 Å². The monoisotopic (exact) mass is 166 g/mol. The Morgan fingerprint density at radius 1 is 1.40 bits per heavy atom. The Bertz CT molecular complexity index is 134. The zero-order valence-corrected chi connectivity index (χ0v) is 5.73. The van der Waals surface area contributed by atoms with E-state index in [2.05, 4.69) is 0 Å². The van der Waals surface area contributed by atoms with Crippen molar-refractivity contribution in [1.82, 2.24) is 0 Å². The van der Waals surface area contributed by atoms with E-state index >= 15 is 0 Å². The van der Waals surface area contributed by atoms with Gasteiger partial charge in [0, 0.05) is 0 Å². The van der Waals surface area contributed by atoms with Gasteiger partial charge in [-0.1, -0.05) is 7.43 Å². The van der Waals surface area contributed by atoms with E-state index in [-0.39, 0.29) is 13.8 Å². The first-order valence-electron chi connectivity index (χ1n) is 2.24. The van der Waals surface area contributed by atoms with Gasteiger partial charge in [-0.15, -0.1) is 9.24 Å². The number of hydrogen-bond donors (Lipinski definition) is 2. The van der Waals surface area contributed by atoms with Gasteiger partial charge < -0.3 is 10.2 Å². The summed E-state index contributed by atoms with van der Waals surface area (Å²) >= 11 is 0. The smallest absolute Gasteiger partial charge is 0.310 e. The van der Waals surface area contributed by atoms with Crippen molar-refractivity contribution < 1.29 is 19.8 Å². The predicted molar refractivity (Wildman–Crippen MR) is 40.1 cm³/mol. The van der Waals surface area contributed by atoms with Crippen LogP contribution in [0.25, 0.3) is 0 Å². The third-order valence-electron chi connectivity index (χ3n) is 0.712. The summed E-state index contributed by atoms with van der Waals surface area (Å²) < 4.78 is 0. The van der Waals surface area contributed by atoms with Crippen LogP contribution in [0.5, 0.6) is 0 Å². The molecule has 0 radical (unpaired) electrons. The molecule has 2 atom stereocenters. The van der Waals surface area contributed by atoms with Crippen LogP contribution in [-0.4, -0.2) is 27.8 Å². The number of carboxylic acids is 2. The van der Waals surface area contributed by atoms with Gasteiger partial charge in [-0.25, -0.2) is 0 Å². The molecule has 0 fully saturated rings. The van der Waals surface area contributed by atoms with Crippen LogP contribution in [0.1, 0.15) is 13.8 Å². The molecule has 0 aliphatic carbocycles. The maximum absolute atomic E-state index is 9.95. The van der Waals surface area contributed by atoms with Crippen molar-refractivity contribution in [2.24, 2.45) is 0 Å². The number of hydrogen-bond acceptors (Lipinski definition) is 2. The molecule has 0 saturated heterocycles. The molecule has 4 nitrogen and oxygen atoms in total. The molecule has 0 spiro atoms. The molecule has 0 heterocycles. The van der Waals surface area contributed by atoms with Gasteiger partial charge in [0.1, 0.15) is 0 Å². The summed E-state index contributed by atoms with van der Waals surface area (Å²) in [5.74, 6) is -2.21. The van der Waals surface area contributed by atoms with E-state index in [1.165, 1.54) is 0 Å². The van der Waals surface area contributed by atoms with Gasteiger partial charge in [0.05, 0.1) is 12.1 Å². The van der Waals surface area contributed by atoms with Crippen molar-refractivity contribution in [3.63, 3.8) is 0 Å². The molecular weight excluding hydrogens is 155 g/mol. The molecule has 0 rings (SSSR count). The highest BCUT2D eigenvalue weighted by Gasteiger charge is 2.14. The Labute approximate surface area is 61.4 Å². The Kier molecular flexibility index (Phi) is 6.26. The third kappa shape index (κ3) is 5.51. The molecule has 2 N–H and O–H groups in total. The summed E-state index contributed by atoms with van der Waals surface area (Å²) in [6.07, 6.45) is -0.347. The fraction of sp³-hybridized carbons (Fsp3) is 0.600. The largest absolute Gasteiger partial charge is 0.481 e. The van der Waals surface area contributed by atoms with Crippen molar-refractivity contribution in [1.29, 1.82) is 0 Å². The molecule has 5 heteroatoms. The van der Waals surface area contributed by atoms with Gasteiger partial charge >= 0.3 is 11.9 Å². The van der Waals surface area contributed by atoms with E-state index in [1.807, 2.05) is 9.24 Å². The molecule has 2 unspecified atom stereocenters. The van der Waals surface area contributed by atoms with E-state index < -0.39 is 17.6 Å². The zero-order valence-electron chi connectivity index (χ0n) is 4.57. The summed E-state index contributed by atoms with van der Waals surface area (Å²) in [7, 11) is 1.94. The maximum Gasteiger partial charge on any atom is 0.310 e. The van der Waals surface area contributed by atoms with Gasteiger partial charge in [-0.05, 0) is 0 Å². The number of rotatable bonds is 3. The van der Waals surface area contributed by atoms with Crippen LogP contribution < -0.4 is 0 Å². The SMILES string of the molecule is C.O=C(O)CC(P)C(=O)O. The average Bonchev–Trinajstić information content (AvgIpc) is 1.63. The highest BCUT2D eigenvalue weighted by atomic mass is 31.0. The van der Waals surface area contributed by atoms with Crippen LogP contribution in [0.2, 0.25) is 0 Å². The Balaban J connectivity index is 0. The van der Waals surface area contributed by atoms with Crippen LogP contribution >= 0.6 is 9.24 Å². The fourth-order valence-corrected chi connectivity index (χ4v) is 0.477.